The molecule has 0 saturated carbocycles. The second kappa shape index (κ2) is 12.0. The van der Waals surface area contributed by atoms with E-state index in [9.17, 15) is 19.5 Å². The van der Waals surface area contributed by atoms with Gasteiger partial charge in [0, 0.05) is 23.4 Å². The van der Waals surface area contributed by atoms with E-state index in [1.54, 1.807) is 45.0 Å². The third-order valence-electron chi connectivity index (χ3n) is 4.25. The number of hydrogen-bond donors (Lipinski definition) is 4. The van der Waals surface area contributed by atoms with E-state index in [4.69, 9.17) is 11.2 Å². The number of ether oxygens (including phenoxy) is 1. The minimum atomic E-state index is -1.08. The molecule has 0 radical (unpaired) electrons. The topological polar surface area (TPSA) is 108 Å². The molecule has 0 aliphatic rings. The van der Waals surface area contributed by atoms with Crippen LogP contribution in [0, 0.1) is 12.3 Å². The van der Waals surface area contributed by atoms with Crippen molar-refractivity contribution in [1.29, 1.82) is 0 Å². The normalized spacial score (nSPS) is 13.3. The van der Waals surface area contributed by atoms with Crippen LogP contribution in [-0.4, -0.2) is 64.0 Å². The zero-order chi connectivity index (χ0) is 25.4. The molecule has 0 heterocycles. The van der Waals surface area contributed by atoms with Gasteiger partial charge in [0.1, 0.15) is 17.7 Å². The number of alkyl carbamates (subject to hydrolysis) is 1. The molecule has 0 aromatic heterocycles. The monoisotopic (exact) mass is 477 g/mol. The Balaban J connectivity index is 3.37. The number of benzene rings is 1. The molecule has 0 fully saturated rings. The lowest BCUT2D eigenvalue weighted by atomic mass is 9.99. The first-order valence-electron chi connectivity index (χ1n) is 10.6. The van der Waals surface area contributed by atoms with Gasteiger partial charge in [0.2, 0.25) is 11.8 Å². The maximum atomic E-state index is 13.5. The highest BCUT2D eigenvalue weighted by atomic mass is 32.1. The Morgan fingerprint density at radius 3 is 2.15 bits per heavy atom. The smallest absolute Gasteiger partial charge is 0.408 e. The third kappa shape index (κ3) is 9.36. The van der Waals surface area contributed by atoms with Crippen LogP contribution in [0.4, 0.5) is 4.79 Å². The van der Waals surface area contributed by atoms with E-state index < -0.39 is 41.1 Å². The molecule has 2 unspecified atom stereocenters. The van der Waals surface area contributed by atoms with E-state index in [0.29, 0.717) is 11.1 Å². The predicted octanol–water partition coefficient (Wildman–Crippen LogP) is 2.27. The summed E-state index contributed by atoms with van der Waals surface area (Å²) < 4.78 is 5.24. The molecule has 9 heteroatoms. The van der Waals surface area contributed by atoms with Gasteiger partial charge in [0.25, 0.3) is 0 Å². The van der Waals surface area contributed by atoms with Crippen LogP contribution in [0.2, 0.25) is 0 Å². The first-order valence-corrected chi connectivity index (χ1v) is 11.3. The Bertz CT molecular complexity index is 866. The fraction of sp³-hybridized carbons (Fsp3) is 0.542. The number of thiol groups is 1. The van der Waals surface area contributed by atoms with Gasteiger partial charge in [-0.1, -0.05) is 18.1 Å². The van der Waals surface area contributed by atoms with Gasteiger partial charge in [-0.2, -0.15) is 12.6 Å². The lowest BCUT2D eigenvalue weighted by Gasteiger charge is -2.35. The first-order chi connectivity index (χ1) is 15.2. The Hall–Kier alpha value is -2.70. The zero-order valence-electron chi connectivity index (χ0n) is 20.1. The minimum Gasteiger partial charge on any atom is -0.444 e. The molecule has 0 saturated heterocycles. The zero-order valence-corrected chi connectivity index (χ0v) is 21.0. The number of aliphatic hydroxyl groups excluding tert-OH is 1. The Kier molecular flexibility index (Phi) is 10.3. The van der Waals surface area contributed by atoms with E-state index in [-0.39, 0.29) is 18.9 Å². The fourth-order valence-corrected chi connectivity index (χ4v) is 3.23. The SMILES string of the molecule is C#Cc1ccc(C(C(=O)NC(C)(C)C)N(CCO)C(=O)C(CS)NC(=O)OC(C)(C)C)cc1. The van der Waals surface area contributed by atoms with Gasteiger partial charge in [0.15, 0.2) is 0 Å². The number of nitrogens with one attached hydrogen (secondary N) is 2. The Morgan fingerprint density at radius 2 is 1.73 bits per heavy atom. The fourth-order valence-electron chi connectivity index (χ4n) is 2.98. The lowest BCUT2D eigenvalue weighted by Crippen LogP contribution is -2.55. The van der Waals surface area contributed by atoms with Crippen LogP contribution in [-0.2, 0) is 14.3 Å². The number of aliphatic hydroxyl groups is 1. The van der Waals surface area contributed by atoms with Gasteiger partial charge in [-0.3, -0.25) is 9.59 Å². The van der Waals surface area contributed by atoms with E-state index in [1.807, 2.05) is 20.8 Å². The van der Waals surface area contributed by atoms with Crippen molar-refractivity contribution in [2.45, 2.75) is 64.8 Å². The number of rotatable bonds is 8. The number of terminal acetylenes is 1. The maximum Gasteiger partial charge on any atom is 0.408 e. The van der Waals surface area contributed by atoms with Crippen LogP contribution in [0.25, 0.3) is 0 Å². The summed E-state index contributed by atoms with van der Waals surface area (Å²) in [4.78, 5) is 40.2. The summed E-state index contributed by atoms with van der Waals surface area (Å²) in [5.74, 6) is 1.45. The predicted molar refractivity (Wildman–Crippen MR) is 131 cm³/mol. The van der Waals surface area contributed by atoms with Crippen LogP contribution in [0.3, 0.4) is 0 Å². The molecule has 8 nitrogen and oxygen atoms in total. The average molecular weight is 478 g/mol. The number of carbonyl (C=O) groups is 3. The van der Waals surface area contributed by atoms with Crippen molar-refractivity contribution >= 4 is 30.5 Å². The standard InChI is InChI=1S/C24H35N3O5S/c1-8-16-9-11-17(12-10-16)19(20(29)26-23(2,3)4)27(13-14-28)21(30)18(15-33)25-22(31)32-24(5,6)7/h1,9-12,18-19,28,33H,13-15H2,2-7H3,(H,25,31)(H,26,29). The lowest BCUT2D eigenvalue weighted by molar-refractivity contribution is -0.143. The van der Waals surface area contributed by atoms with Gasteiger partial charge in [0.05, 0.1) is 6.61 Å². The molecule has 2 atom stereocenters. The maximum absolute atomic E-state index is 13.5. The molecule has 1 aromatic carbocycles. The molecule has 1 rings (SSSR count). The first kappa shape index (κ1) is 28.3. The third-order valence-corrected chi connectivity index (χ3v) is 4.61. The summed E-state index contributed by atoms with van der Waals surface area (Å²) in [7, 11) is 0. The quantitative estimate of drug-likeness (QED) is 0.339. The number of carbonyl (C=O) groups excluding carboxylic acids is 3. The summed E-state index contributed by atoms with van der Waals surface area (Å²) >= 11 is 4.20. The van der Waals surface area contributed by atoms with Crippen molar-refractivity contribution in [2.24, 2.45) is 0 Å². The molecule has 1 aromatic rings. The number of nitrogens with zero attached hydrogens (tertiary/aromatic N) is 1. The Morgan fingerprint density at radius 1 is 1.15 bits per heavy atom. The van der Waals surface area contributed by atoms with Gasteiger partial charge >= 0.3 is 6.09 Å². The molecule has 182 valence electrons. The molecular weight excluding hydrogens is 442 g/mol. The van der Waals surface area contributed by atoms with Crippen molar-refractivity contribution in [3.05, 3.63) is 35.4 Å². The van der Waals surface area contributed by atoms with Crippen LogP contribution in [0.5, 0.6) is 0 Å². The van der Waals surface area contributed by atoms with Gasteiger partial charge in [-0.15, -0.1) is 6.42 Å². The summed E-state index contributed by atoms with van der Waals surface area (Å²) in [5, 5.41) is 15.1. The largest absolute Gasteiger partial charge is 0.444 e. The van der Waals surface area contributed by atoms with E-state index in [1.165, 1.54) is 4.90 Å². The molecule has 3 N–H and O–H groups in total. The van der Waals surface area contributed by atoms with E-state index in [0.717, 1.165) is 0 Å². The van der Waals surface area contributed by atoms with Crippen LogP contribution in [0.1, 0.15) is 58.7 Å². The highest BCUT2D eigenvalue weighted by Gasteiger charge is 2.36. The number of hydrogen-bond acceptors (Lipinski definition) is 6. The summed E-state index contributed by atoms with van der Waals surface area (Å²) in [6.45, 7) is 10.0. The molecule has 0 bridgehead atoms. The molecule has 0 spiro atoms. The van der Waals surface area contributed by atoms with Crippen molar-refractivity contribution in [3.63, 3.8) is 0 Å². The van der Waals surface area contributed by atoms with Crippen molar-refractivity contribution in [3.8, 4) is 12.3 Å². The van der Waals surface area contributed by atoms with Crippen molar-refractivity contribution in [2.75, 3.05) is 18.9 Å². The van der Waals surface area contributed by atoms with Crippen LogP contribution in [0.15, 0.2) is 24.3 Å². The summed E-state index contributed by atoms with van der Waals surface area (Å²) in [5.41, 5.74) is -0.200. The Labute approximate surface area is 201 Å². The van der Waals surface area contributed by atoms with Crippen molar-refractivity contribution in [1.82, 2.24) is 15.5 Å². The van der Waals surface area contributed by atoms with Crippen LogP contribution >= 0.6 is 12.6 Å². The van der Waals surface area contributed by atoms with Crippen LogP contribution < -0.4 is 10.6 Å². The summed E-state index contributed by atoms with van der Waals surface area (Å²) in [6.07, 6.45) is 4.65. The molecule has 33 heavy (non-hydrogen) atoms. The van der Waals surface area contributed by atoms with Gasteiger partial charge < -0.3 is 25.4 Å². The molecule has 0 aliphatic carbocycles. The number of amides is 3. The molecule has 3 amide bonds. The average Bonchev–Trinajstić information content (AvgIpc) is 2.69. The van der Waals surface area contributed by atoms with E-state index in [2.05, 4.69) is 29.2 Å². The summed E-state index contributed by atoms with van der Waals surface area (Å²) in [6, 6.07) is 4.52. The molecular formula is C24H35N3O5S. The second-order valence-corrected chi connectivity index (χ2v) is 9.91. The molecule has 0 aliphatic heterocycles. The van der Waals surface area contributed by atoms with Gasteiger partial charge in [-0.25, -0.2) is 4.79 Å². The van der Waals surface area contributed by atoms with Crippen molar-refractivity contribution < 1.29 is 24.2 Å². The van der Waals surface area contributed by atoms with E-state index >= 15 is 0 Å². The second-order valence-electron chi connectivity index (χ2n) is 9.54. The highest BCUT2D eigenvalue weighted by Crippen LogP contribution is 2.24. The highest BCUT2D eigenvalue weighted by molar-refractivity contribution is 7.80. The van der Waals surface area contributed by atoms with Gasteiger partial charge in [-0.05, 0) is 59.2 Å². The minimum absolute atomic E-state index is 0.0380.